The fourth-order valence-electron chi connectivity index (χ4n) is 3.50. The second-order valence-corrected chi connectivity index (χ2v) is 8.60. The van der Waals surface area contributed by atoms with Gasteiger partial charge in [-0.05, 0) is 36.3 Å². The highest BCUT2D eigenvalue weighted by molar-refractivity contribution is 7.88. The van der Waals surface area contributed by atoms with E-state index in [0.29, 0.717) is 31.6 Å². The predicted octanol–water partition coefficient (Wildman–Crippen LogP) is 0.244. The number of carbonyl (C=O) groups excluding carboxylic acids is 1. The molecule has 24 heavy (non-hydrogen) atoms. The molecule has 1 unspecified atom stereocenters. The normalized spacial score (nSPS) is 22.2. The van der Waals surface area contributed by atoms with E-state index in [1.165, 1.54) is 10.6 Å². The molecule has 0 bridgehead atoms. The summed E-state index contributed by atoms with van der Waals surface area (Å²) in [5, 5.41) is 9.35. The lowest BCUT2D eigenvalue weighted by molar-refractivity contribution is 0.0618. The average molecular weight is 353 g/mol. The number of nitrogens with zero attached hydrogens (tertiary/aromatic N) is 3. The number of piperidine rings is 1. The molecule has 8 heteroatoms. The summed E-state index contributed by atoms with van der Waals surface area (Å²) >= 11 is 0. The van der Waals surface area contributed by atoms with E-state index in [2.05, 4.69) is 4.98 Å². The minimum atomic E-state index is -3.25. The number of hydrogen-bond donors (Lipinski definition) is 1. The van der Waals surface area contributed by atoms with Gasteiger partial charge in [0.15, 0.2) is 0 Å². The van der Waals surface area contributed by atoms with Crippen LogP contribution in [-0.4, -0.2) is 66.1 Å². The fourth-order valence-corrected chi connectivity index (χ4v) is 4.30. The molecule has 0 spiro atoms. The quantitative estimate of drug-likeness (QED) is 0.841. The third-order valence-corrected chi connectivity index (χ3v) is 6.12. The van der Waals surface area contributed by atoms with Crippen molar-refractivity contribution < 1.29 is 18.3 Å². The van der Waals surface area contributed by atoms with Crippen LogP contribution in [0.2, 0.25) is 0 Å². The molecular weight excluding hydrogens is 330 g/mol. The van der Waals surface area contributed by atoms with E-state index in [1.54, 1.807) is 17.3 Å². The van der Waals surface area contributed by atoms with Crippen LogP contribution in [0.1, 0.15) is 34.3 Å². The standard InChI is InChI=1S/C16H23N3O4S/c1-24(22,23)19-6-4-14-13(10-19)7-17-8-15(14)16(21)18-5-2-3-12(9-18)11-20/h7-8,12,20H,2-6,9-11H2,1H3. The number of carbonyl (C=O) groups is 1. The van der Waals surface area contributed by atoms with Gasteiger partial charge in [-0.25, -0.2) is 8.42 Å². The largest absolute Gasteiger partial charge is 0.396 e. The summed E-state index contributed by atoms with van der Waals surface area (Å²) in [7, 11) is -3.25. The summed E-state index contributed by atoms with van der Waals surface area (Å²) in [5.41, 5.74) is 2.27. The van der Waals surface area contributed by atoms with Crippen molar-refractivity contribution in [3.05, 3.63) is 29.1 Å². The molecule has 7 nitrogen and oxygen atoms in total. The van der Waals surface area contributed by atoms with E-state index < -0.39 is 10.0 Å². The number of aliphatic hydroxyl groups is 1. The molecule has 2 aliphatic rings. The maximum Gasteiger partial charge on any atom is 0.255 e. The first-order valence-corrected chi connectivity index (χ1v) is 10.1. The molecule has 3 rings (SSSR count). The summed E-state index contributed by atoms with van der Waals surface area (Å²) in [6, 6.07) is 0. The molecule has 2 aliphatic heterocycles. The van der Waals surface area contributed by atoms with Crippen LogP contribution in [0.5, 0.6) is 0 Å². The summed E-state index contributed by atoms with van der Waals surface area (Å²) in [6.45, 7) is 2.00. The van der Waals surface area contributed by atoms with E-state index >= 15 is 0 Å². The Morgan fingerprint density at radius 2 is 2.17 bits per heavy atom. The Morgan fingerprint density at radius 3 is 2.88 bits per heavy atom. The van der Waals surface area contributed by atoms with Crippen molar-refractivity contribution in [2.24, 2.45) is 5.92 Å². The third-order valence-electron chi connectivity index (χ3n) is 4.87. The molecule has 1 N–H and O–H groups in total. The predicted molar refractivity (Wildman–Crippen MR) is 88.9 cm³/mol. The molecule has 1 saturated heterocycles. The molecule has 1 amide bonds. The van der Waals surface area contributed by atoms with E-state index in [-0.39, 0.29) is 25.0 Å². The molecule has 0 radical (unpaired) electrons. The van der Waals surface area contributed by atoms with Crippen LogP contribution in [0.3, 0.4) is 0 Å². The molecule has 3 heterocycles. The molecule has 1 aromatic heterocycles. The van der Waals surface area contributed by atoms with Gasteiger partial charge in [-0.1, -0.05) is 0 Å². The van der Waals surface area contributed by atoms with Crippen molar-refractivity contribution >= 4 is 15.9 Å². The van der Waals surface area contributed by atoms with Crippen LogP contribution >= 0.6 is 0 Å². The number of likely N-dealkylation sites (tertiary alicyclic amines) is 1. The Kier molecular flexibility index (Phi) is 4.89. The molecule has 0 saturated carbocycles. The third kappa shape index (κ3) is 3.45. The van der Waals surface area contributed by atoms with Gasteiger partial charge in [-0.15, -0.1) is 0 Å². The molecule has 132 valence electrons. The monoisotopic (exact) mass is 353 g/mol. The summed E-state index contributed by atoms with van der Waals surface area (Å²) in [4.78, 5) is 18.8. The number of pyridine rings is 1. The molecule has 1 atom stereocenters. The van der Waals surface area contributed by atoms with Crippen LogP contribution < -0.4 is 0 Å². The summed E-state index contributed by atoms with van der Waals surface area (Å²) in [6.07, 6.45) is 6.78. The highest BCUT2D eigenvalue weighted by Crippen LogP contribution is 2.25. The maximum atomic E-state index is 12.9. The van der Waals surface area contributed by atoms with Crippen molar-refractivity contribution in [3.8, 4) is 0 Å². The Labute approximate surface area is 142 Å². The topological polar surface area (TPSA) is 90.8 Å². The number of rotatable bonds is 3. The summed E-state index contributed by atoms with van der Waals surface area (Å²) < 4.78 is 24.9. The van der Waals surface area contributed by atoms with Crippen molar-refractivity contribution in [2.45, 2.75) is 25.8 Å². The van der Waals surface area contributed by atoms with Crippen LogP contribution in [0.4, 0.5) is 0 Å². The minimum Gasteiger partial charge on any atom is -0.396 e. The lowest BCUT2D eigenvalue weighted by Gasteiger charge is -2.33. The Morgan fingerprint density at radius 1 is 1.38 bits per heavy atom. The van der Waals surface area contributed by atoms with Crippen molar-refractivity contribution in [1.82, 2.24) is 14.2 Å². The molecule has 1 aromatic rings. The highest BCUT2D eigenvalue weighted by Gasteiger charge is 2.30. The Balaban J connectivity index is 1.84. The van der Waals surface area contributed by atoms with Gasteiger partial charge in [-0.2, -0.15) is 4.31 Å². The fraction of sp³-hybridized carbons (Fsp3) is 0.625. The first-order valence-electron chi connectivity index (χ1n) is 8.21. The van der Waals surface area contributed by atoms with Gasteiger partial charge in [0.1, 0.15) is 0 Å². The van der Waals surface area contributed by atoms with E-state index in [0.717, 1.165) is 24.0 Å². The zero-order valence-corrected chi connectivity index (χ0v) is 14.6. The van der Waals surface area contributed by atoms with Gasteiger partial charge in [0.2, 0.25) is 10.0 Å². The molecule has 1 fully saturated rings. The lowest BCUT2D eigenvalue weighted by atomic mass is 9.95. The summed E-state index contributed by atoms with van der Waals surface area (Å²) in [5.74, 6) is 0.0706. The van der Waals surface area contributed by atoms with Crippen molar-refractivity contribution in [1.29, 1.82) is 0 Å². The van der Waals surface area contributed by atoms with Gasteiger partial charge in [0.05, 0.1) is 11.8 Å². The number of aliphatic hydroxyl groups excluding tert-OH is 1. The number of amides is 1. The van der Waals surface area contributed by atoms with Gasteiger partial charge < -0.3 is 10.0 Å². The maximum absolute atomic E-state index is 12.9. The molecular formula is C16H23N3O4S. The van der Waals surface area contributed by atoms with E-state index in [1.807, 2.05) is 0 Å². The molecule has 0 aliphatic carbocycles. The number of fused-ring (bicyclic) bond motifs is 1. The smallest absolute Gasteiger partial charge is 0.255 e. The lowest BCUT2D eigenvalue weighted by Crippen LogP contribution is -2.42. The zero-order valence-electron chi connectivity index (χ0n) is 13.8. The second kappa shape index (κ2) is 6.78. The first kappa shape index (κ1) is 17.3. The zero-order chi connectivity index (χ0) is 17.3. The van der Waals surface area contributed by atoms with E-state index in [9.17, 15) is 18.3 Å². The van der Waals surface area contributed by atoms with Gasteiger partial charge in [-0.3, -0.25) is 9.78 Å². The van der Waals surface area contributed by atoms with Crippen LogP contribution in [0.15, 0.2) is 12.4 Å². The van der Waals surface area contributed by atoms with Crippen LogP contribution in [0.25, 0.3) is 0 Å². The van der Waals surface area contributed by atoms with Gasteiger partial charge in [0.25, 0.3) is 5.91 Å². The van der Waals surface area contributed by atoms with Crippen LogP contribution in [0, 0.1) is 5.92 Å². The minimum absolute atomic E-state index is 0.0645. The number of sulfonamides is 1. The Hall–Kier alpha value is -1.51. The number of aromatic nitrogens is 1. The molecule has 0 aromatic carbocycles. The van der Waals surface area contributed by atoms with Crippen molar-refractivity contribution in [2.75, 3.05) is 32.5 Å². The average Bonchev–Trinajstić information content (AvgIpc) is 2.59. The highest BCUT2D eigenvalue weighted by atomic mass is 32.2. The van der Waals surface area contributed by atoms with E-state index in [4.69, 9.17) is 0 Å². The SMILES string of the molecule is CS(=O)(=O)N1CCc2c(cncc2C(=O)N2CCCC(CO)C2)C1. The number of hydrogen-bond acceptors (Lipinski definition) is 5. The van der Waals surface area contributed by atoms with Crippen molar-refractivity contribution in [3.63, 3.8) is 0 Å². The van der Waals surface area contributed by atoms with Crippen LogP contribution in [-0.2, 0) is 23.0 Å². The second-order valence-electron chi connectivity index (χ2n) is 6.61. The van der Waals surface area contributed by atoms with Gasteiger partial charge >= 0.3 is 0 Å². The Bertz CT molecular complexity index is 735. The first-order chi connectivity index (χ1) is 11.4. The van der Waals surface area contributed by atoms with Gasteiger partial charge in [0, 0.05) is 45.2 Å².